The minimum atomic E-state index is -4.67. The fourth-order valence-electron chi connectivity index (χ4n) is 0. The normalized spacial score (nSPS) is 5.80. The molecule has 0 radical (unpaired) electrons. The second-order valence-corrected chi connectivity index (χ2v) is 1.34. The minimum absolute atomic E-state index is 0. The zero-order valence-electron chi connectivity index (χ0n) is 4.96. The Balaban J connectivity index is -0.00000000800. The molecule has 0 aromatic carbocycles. The van der Waals surface area contributed by atoms with Crippen molar-refractivity contribution in [2.24, 2.45) is 0 Å². The van der Waals surface area contributed by atoms with Gasteiger partial charge in [0.2, 0.25) is 0 Å². The van der Waals surface area contributed by atoms with E-state index in [2.05, 4.69) is 0 Å². The summed E-state index contributed by atoms with van der Waals surface area (Å²) in [6, 6.07) is 0. The molecule has 2 N–H and O–H groups in total. The molecule has 0 aliphatic heterocycles. The Hall–Kier alpha value is 3.14. The van der Waals surface area contributed by atoms with Gasteiger partial charge in [-0.25, -0.2) is 0 Å². The van der Waals surface area contributed by atoms with Gasteiger partial charge >= 0.3 is 84.8 Å². The van der Waals surface area contributed by atoms with E-state index in [0.717, 1.165) is 0 Å². The van der Waals surface area contributed by atoms with Crippen LogP contribution in [0.3, 0.4) is 0 Å². The third-order valence-corrected chi connectivity index (χ3v) is 0. The summed E-state index contributed by atoms with van der Waals surface area (Å²) in [4.78, 5) is 0. The van der Waals surface area contributed by atoms with Crippen molar-refractivity contribution in [2.75, 3.05) is 0 Å². The number of hydrogen-bond donors (Lipinski definition) is 2. The molecule has 0 fully saturated rings. The van der Waals surface area contributed by atoms with Crippen molar-refractivity contribution >= 4 is 33.5 Å². The molecule has 0 aromatic heterocycles. The topological polar surface area (TPSA) is 74.6 Å². The number of halogens is 3. The van der Waals surface area contributed by atoms with Crippen LogP contribution < -0.4 is 88.6 Å². The van der Waals surface area contributed by atoms with E-state index in [9.17, 15) is 0 Å². The Kier molecular flexibility index (Phi) is 68.5. The van der Waals surface area contributed by atoms with Crippen LogP contribution in [0.15, 0.2) is 0 Å². The fourth-order valence-corrected chi connectivity index (χ4v) is 0. The van der Waals surface area contributed by atoms with Gasteiger partial charge in [-0.15, -0.1) is 0 Å². The van der Waals surface area contributed by atoms with E-state index in [1.165, 1.54) is 0 Å². The molecule has 0 saturated carbocycles. The first-order valence-corrected chi connectivity index (χ1v) is 2.10. The van der Waals surface area contributed by atoms with E-state index in [0.29, 0.717) is 0 Å². The maximum absolute atomic E-state index is 8.74. The summed E-state index contributed by atoms with van der Waals surface area (Å²) >= 11 is 0. The molecule has 0 aliphatic rings. The van der Waals surface area contributed by atoms with E-state index in [4.69, 9.17) is 17.5 Å². The molecule has 0 bridgehead atoms. The first kappa shape index (κ1) is 38.0. The van der Waals surface area contributed by atoms with Crippen LogP contribution in [0.1, 0.15) is 0 Å². The average Bonchev–Trinajstić information content (AvgIpc) is 0.722. The predicted octanol–water partition coefficient (Wildman–Crippen LogP) is -13.0. The molecule has 10 heavy (non-hydrogen) atoms. The van der Waals surface area contributed by atoms with Gasteiger partial charge in [0.1, 0.15) is 0 Å². The average molecular weight is 268 g/mol. The summed E-state index contributed by atoms with van der Waals surface area (Å²) in [5.74, 6) is 0. The zero-order chi connectivity index (χ0) is 4.50. The Morgan fingerprint density at radius 3 is 0.900 bits per heavy atom. The van der Waals surface area contributed by atoms with E-state index in [1.807, 2.05) is 0 Å². The van der Waals surface area contributed by atoms with Gasteiger partial charge in [0.15, 0.2) is 0 Å². The first-order valence-electron chi connectivity index (χ1n) is 0.698. The van der Waals surface area contributed by atoms with Crippen molar-refractivity contribution < 1.29 is 106 Å². The van der Waals surface area contributed by atoms with Crippen LogP contribution >= 0.6 is 0 Å². The molecule has 0 atom stereocenters. The van der Waals surface area contributed by atoms with Crippen LogP contribution in [0, 0.1) is 0 Å². The predicted molar refractivity (Wildman–Crippen MR) is 19.9 cm³/mol. The van der Waals surface area contributed by atoms with Crippen LogP contribution in [-0.2, 0) is 10.4 Å². The van der Waals surface area contributed by atoms with E-state index in [-0.39, 0.29) is 112 Å². The van der Waals surface area contributed by atoms with Gasteiger partial charge in [0.25, 0.3) is 0 Å². The van der Waals surface area contributed by atoms with Gasteiger partial charge in [-0.1, -0.05) is 0 Å². The van der Waals surface area contributed by atoms with Crippen molar-refractivity contribution in [2.45, 2.75) is 0 Å². The molecule has 0 amide bonds. The Morgan fingerprint density at radius 1 is 0.900 bits per heavy atom. The monoisotopic (exact) mass is 266 g/mol. The fraction of sp³-hybridized carbons (Fsp3) is 0. The Morgan fingerprint density at radius 2 is 0.900 bits per heavy atom. The van der Waals surface area contributed by atoms with Crippen LogP contribution in [0.25, 0.3) is 0 Å². The summed E-state index contributed by atoms with van der Waals surface area (Å²) < 4.78 is 31.6. The molecule has 0 aromatic rings. The molecular weight excluding hydrogens is 266 g/mol. The van der Waals surface area contributed by atoms with Gasteiger partial charge in [0, 0.05) is 0 Å². The largest absolute Gasteiger partial charge is 2.00 e. The summed E-state index contributed by atoms with van der Waals surface area (Å²) in [5.41, 5.74) is 0. The molecule has 56 valence electrons. The van der Waals surface area contributed by atoms with Gasteiger partial charge in [-0.05, 0) is 0 Å². The van der Waals surface area contributed by atoms with Gasteiger partial charge < -0.3 is 37.2 Å². The molecule has 0 spiro atoms. The van der Waals surface area contributed by atoms with E-state index in [1.54, 1.807) is 0 Å². The molecule has 10 heteroatoms. The summed E-state index contributed by atoms with van der Waals surface area (Å²) in [7, 11) is -4.67. The first-order chi connectivity index (χ1) is 2.00. The summed E-state index contributed by atoms with van der Waals surface area (Å²) in [6.07, 6.45) is 0. The van der Waals surface area contributed by atoms with E-state index >= 15 is 0 Å². The quantitative estimate of drug-likeness (QED) is 0.338. The molecular formula is H2Cl3KMgO4S. The smallest absolute Gasteiger partial charge is 1.00 e. The van der Waals surface area contributed by atoms with Crippen LogP contribution in [0.4, 0.5) is 0 Å². The Bertz CT molecular complexity index is 104. The molecule has 0 saturated heterocycles. The Labute approximate surface area is 137 Å². The molecule has 0 heterocycles. The summed E-state index contributed by atoms with van der Waals surface area (Å²) in [5, 5.41) is 0. The summed E-state index contributed by atoms with van der Waals surface area (Å²) in [6.45, 7) is 0. The maximum atomic E-state index is 8.74. The minimum Gasteiger partial charge on any atom is -1.00 e. The van der Waals surface area contributed by atoms with Crippen molar-refractivity contribution in [3.63, 3.8) is 0 Å². The zero-order valence-corrected chi connectivity index (χ0v) is 12.6. The van der Waals surface area contributed by atoms with Crippen molar-refractivity contribution in [3.05, 3.63) is 0 Å². The maximum Gasteiger partial charge on any atom is 2.00 e. The standard InChI is InChI=1S/3ClH.K.Mg.H2O4S/c;;;;;1-5(2,3)4/h3*1H;;;(H2,1,2,3,4)/q;;;+1;+2;/p-3. The molecule has 0 aliphatic carbocycles. The third-order valence-electron chi connectivity index (χ3n) is 0. The van der Waals surface area contributed by atoms with Crippen LogP contribution in [-0.4, -0.2) is 40.6 Å². The molecule has 4 nitrogen and oxygen atoms in total. The molecule has 0 rings (SSSR count). The third kappa shape index (κ3) is 116. The van der Waals surface area contributed by atoms with Crippen molar-refractivity contribution in [1.82, 2.24) is 0 Å². The molecule has 0 unspecified atom stereocenters. The van der Waals surface area contributed by atoms with Crippen LogP contribution in [0.5, 0.6) is 0 Å². The van der Waals surface area contributed by atoms with Gasteiger partial charge in [-0.3, -0.25) is 9.11 Å². The van der Waals surface area contributed by atoms with Crippen molar-refractivity contribution in [3.8, 4) is 0 Å². The van der Waals surface area contributed by atoms with Gasteiger partial charge in [0.05, 0.1) is 0 Å². The van der Waals surface area contributed by atoms with Gasteiger partial charge in [-0.2, -0.15) is 8.42 Å². The van der Waals surface area contributed by atoms with Crippen LogP contribution in [0.2, 0.25) is 0 Å². The number of rotatable bonds is 0. The SMILES string of the molecule is O=S(=O)(O)O.[Cl-].[Cl-].[Cl-].[K+].[Mg+2]. The van der Waals surface area contributed by atoms with E-state index < -0.39 is 10.4 Å². The second kappa shape index (κ2) is 18.0. The second-order valence-electron chi connectivity index (χ2n) is 0.448. The van der Waals surface area contributed by atoms with Crippen molar-refractivity contribution in [1.29, 1.82) is 0 Å². The number of hydrogen-bond acceptors (Lipinski definition) is 2.